The highest BCUT2D eigenvalue weighted by Gasteiger charge is 2.00. The Morgan fingerprint density at radius 3 is 3.08 bits per heavy atom. The van der Waals surface area contributed by atoms with Gasteiger partial charge in [0.2, 0.25) is 0 Å². The Morgan fingerprint density at radius 2 is 2.46 bits per heavy atom. The van der Waals surface area contributed by atoms with E-state index in [1.807, 2.05) is 6.92 Å². The maximum atomic E-state index is 10.4. The van der Waals surface area contributed by atoms with Crippen LogP contribution in [0.1, 0.15) is 22.8 Å². The summed E-state index contributed by atoms with van der Waals surface area (Å²) in [5.74, 6) is 0.540. The van der Waals surface area contributed by atoms with Crippen molar-refractivity contribution in [3.8, 4) is 0 Å². The Hall–Kier alpha value is -1.64. The van der Waals surface area contributed by atoms with E-state index < -0.39 is 0 Å². The third-order valence-electron chi connectivity index (χ3n) is 1.54. The maximum Gasteiger partial charge on any atom is 0.151 e. The molecular weight excluding hydrogens is 166 g/mol. The molecule has 0 amide bonds. The minimum Gasteiger partial charge on any atom is -0.494 e. The molecule has 0 N–H and O–H groups in total. The van der Waals surface area contributed by atoms with Gasteiger partial charge in [-0.05, 0) is 13.0 Å². The van der Waals surface area contributed by atoms with Crippen LogP contribution in [0.3, 0.4) is 0 Å². The standard InChI is InChI=1S/C10H11NO2/c1-3-13-8(2)10-4-9(7-12)5-11-6-10/h4-7H,2-3H2,1H3. The third-order valence-corrected chi connectivity index (χ3v) is 1.54. The predicted octanol–water partition coefficient (Wildman–Crippen LogP) is 1.90. The molecule has 0 aliphatic heterocycles. The van der Waals surface area contributed by atoms with Gasteiger partial charge in [-0.3, -0.25) is 9.78 Å². The number of hydrogen-bond donors (Lipinski definition) is 0. The first-order valence-corrected chi connectivity index (χ1v) is 4.00. The molecule has 3 heteroatoms. The van der Waals surface area contributed by atoms with Crippen LogP contribution in [0.25, 0.3) is 5.76 Å². The number of pyridine rings is 1. The minimum absolute atomic E-state index is 0.526. The summed E-state index contributed by atoms with van der Waals surface area (Å²) < 4.78 is 5.18. The molecule has 0 radical (unpaired) electrons. The number of ether oxygens (including phenoxy) is 1. The summed E-state index contributed by atoms with van der Waals surface area (Å²) in [5.41, 5.74) is 1.27. The molecule has 0 atom stereocenters. The first-order valence-electron chi connectivity index (χ1n) is 4.00. The molecule has 0 bridgehead atoms. The molecule has 0 fully saturated rings. The van der Waals surface area contributed by atoms with E-state index in [1.165, 1.54) is 6.20 Å². The summed E-state index contributed by atoms with van der Waals surface area (Å²) in [7, 11) is 0. The molecule has 1 aromatic rings. The van der Waals surface area contributed by atoms with Crippen molar-refractivity contribution in [1.29, 1.82) is 0 Å². The molecule has 1 rings (SSSR count). The van der Waals surface area contributed by atoms with Gasteiger partial charge in [0.15, 0.2) is 6.29 Å². The van der Waals surface area contributed by atoms with Gasteiger partial charge in [0.05, 0.1) is 6.61 Å². The van der Waals surface area contributed by atoms with E-state index in [2.05, 4.69) is 11.6 Å². The maximum absolute atomic E-state index is 10.4. The van der Waals surface area contributed by atoms with Gasteiger partial charge in [-0.1, -0.05) is 6.58 Å². The van der Waals surface area contributed by atoms with Crippen LogP contribution in [-0.4, -0.2) is 17.9 Å². The van der Waals surface area contributed by atoms with Crippen molar-refractivity contribution in [2.45, 2.75) is 6.92 Å². The minimum atomic E-state index is 0.526. The molecule has 0 spiro atoms. The van der Waals surface area contributed by atoms with Gasteiger partial charge in [0, 0.05) is 23.5 Å². The Kier molecular flexibility index (Phi) is 3.20. The summed E-state index contributed by atoms with van der Waals surface area (Å²) in [6.45, 7) is 6.15. The topological polar surface area (TPSA) is 39.2 Å². The van der Waals surface area contributed by atoms with Crippen molar-refractivity contribution < 1.29 is 9.53 Å². The zero-order chi connectivity index (χ0) is 9.68. The van der Waals surface area contributed by atoms with E-state index in [1.54, 1.807) is 12.3 Å². The Labute approximate surface area is 77.1 Å². The van der Waals surface area contributed by atoms with Crippen molar-refractivity contribution in [2.24, 2.45) is 0 Å². The molecule has 0 saturated carbocycles. The lowest BCUT2D eigenvalue weighted by molar-refractivity contribution is 0.112. The second-order valence-corrected chi connectivity index (χ2v) is 2.48. The van der Waals surface area contributed by atoms with Crippen LogP contribution in [0.15, 0.2) is 25.0 Å². The van der Waals surface area contributed by atoms with E-state index >= 15 is 0 Å². The number of aromatic nitrogens is 1. The SMILES string of the molecule is C=C(OCC)c1cncc(C=O)c1. The molecule has 0 aromatic carbocycles. The Balaban J connectivity index is 2.88. The molecular formula is C10H11NO2. The highest BCUT2D eigenvalue weighted by atomic mass is 16.5. The number of carbonyl (C=O) groups excluding carboxylic acids is 1. The summed E-state index contributed by atoms with van der Waals surface area (Å²) in [6, 6.07) is 1.69. The quantitative estimate of drug-likeness (QED) is 0.521. The number of aldehydes is 1. The second-order valence-electron chi connectivity index (χ2n) is 2.48. The van der Waals surface area contributed by atoms with Gasteiger partial charge in [0.25, 0.3) is 0 Å². The fraction of sp³-hybridized carbons (Fsp3) is 0.200. The normalized spacial score (nSPS) is 9.31. The third kappa shape index (κ3) is 2.40. The van der Waals surface area contributed by atoms with Crippen LogP contribution in [0.2, 0.25) is 0 Å². The lowest BCUT2D eigenvalue weighted by Gasteiger charge is -2.05. The Morgan fingerprint density at radius 1 is 1.69 bits per heavy atom. The van der Waals surface area contributed by atoms with Crippen molar-refractivity contribution in [1.82, 2.24) is 4.98 Å². The number of hydrogen-bond acceptors (Lipinski definition) is 3. The molecule has 0 saturated heterocycles. The summed E-state index contributed by atoms with van der Waals surface area (Å²) in [6.07, 6.45) is 3.86. The summed E-state index contributed by atoms with van der Waals surface area (Å²) in [5, 5.41) is 0. The van der Waals surface area contributed by atoms with E-state index in [9.17, 15) is 4.79 Å². The second kappa shape index (κ2) is 4.40. The van der Waals surface area contributed by atoms with Gasteiger partial charge < -0.3 is 4.74 Å². The van der Waals surface area contributed by atoms with Crippen LogP contribution < -0.4 is 0 Å². The number of nitrogens with zero attached hydrogens (tertiary/aromatic N) is 1. The van der Waals surface area contributed by atoms with Gasteiger partial charge in [0.1, 0.15) is 5.76 Å². The van der Waals surface area contributed by atoms with Crippen LogP contribution in [0.4, 0.5) is 0 Å². The van der Waals surface area contributed by atoms with E-state index in [4.69, 9.17) is 4.74 Å². The molecule has 13 heavy (non-hydrogen) atoms. The molecule has 1 heterocycles. The lowest BCUT2D eigenvalue weighted by Crippen LogP contribution is -1.92. The highest BCUT2D eigenvalue weighted by molar-refractivity contribution is 5.76. The van der Waals surface area contributed by atoms with Gasteiger partial charge in [-0.2, -0.15) is 0 Å². The number of rotatable bonds is 4. The Bertz CT molecular complexity index is 320. The molecule has 0 aliphatic carbocycles. The largest absolute Gasteiger partial charge is 0.494 e. The van der Waals surface area contributed by atoms with Crippen LogP contribution >= 0.6 is 0 Å². The van der Waals surface area contributed by atoms with E-state index in [0.717, 1.165) is 11.8 Å². The fourth-order valence-electron chi connectivity index (χ4n) is 0.932. The molecule has 0 aliphatic rings. The average molecular weight is 177 g/mol. The first kappa shape index (κ1) is 9.45. The van der Waals surface area contributed by atoms with Crippen LogP contribution in [0.5, 0.6) is 0 Å². The average Bonchev–Trinajstić information content (AvgIpc) is 2.18. The fourth-order valence-corrected chi connectivity index (χ4v) is 0.932. The van der Waals surface area contributed by atoms with Crippen molar-refractivity contribution in [3.05, 3.63) is 36.2 Å². The number of carbonyl (C=O) groups is 1. The summed E-state index contributed by atoms with van der Waals surface area (Å²) >= 11 is 0. The van der Waals surface area contributed by atoms with Gasteiger partial charge in [-0.25, -0.2) is 0 Å². The van der Waals surface area contributed by atoms with Gasteiger partial charge in [-0.15, -0.1) is 0 Å². The van der Waals surface area contributed by atoms with Crippen molar-refractivity contribution in [2.75, 3.05) is 6.61 Å². The van der Waals surface area contributed by atoms with Crippen LogP contribution in [-0.2, 0) is 4.74 Å². The van der Waals surface area contributed by atoms with E-state index in [-0.39, 0.29) is 0 Å². The molecule has 3 nitrogen and oxygen atoms in total. The zero-order valence-corrected chi connectivity index (χ0v) is 7.49. The van der Waals surface area contributed by atoms with E-state index in [0.29, 0.717) is 17.9 Å². The van der Waals surface area contributed by atoms with Gasteiger partial charge >= 0.3 is 0 Å². The van der Waals surface area contributed by atoms with Crippen LogP contribution in [0, 0.1) is 0 Å². The summed E-state index contributed by atoms with van der Waals surface area (Å²) in [4.78, 5) is 14.3. The zero-order valence-electron chi connectivity index (χ0n) is 7.49. The molecule has 0 unspecified atom stereocenters. The first-order chi connectivity index (χ1) is 6.27. The monoisotopic (exact) mass is 177 g/mol. The lowest BCUT2D eigenvalue weighted by atomic mass is 10.2. The highest BCUT2D eigenvalue weighted by Crippen LogP contribution is 2.12. The molecule has 68 valence electrons. The predicted molar refractivity (Wildman–Crippen MR) is 50.3 cm³/mol. The van der Waals surface area contributed by atoms with Crippen molar-refractivity contribution in [3.63, 3.8) is 0 Å². The molecule has 1 aromatic heterocycles. The smallest absolute Gasteiger partial charge is 0.151 e. The van der Waals surface area contributed by atoms with Crippen molar-refractivity contribution >= 4 is 12.0 Å².